The monoisotopic (exact) mass is 199 g/mol. The van der Waals surface area contributed by atoms with Crippen LogP contribution in [0.5, 0.6) is 0 Å². The standard InChI is InChI=1S/C8H6ClNOS/c9-8-6-1-2-12-7(6)5(4-11)3-10-8/h1-3,11H,4H2. The maximum atomic E-state index is 8.97. The van der Waals surface area contributed by atoms with Crippen LogP contribution in [0.25, 0.3) is 10.1 Å². The highest BCUT2D eigenvalue weighted by Crippen LogP contribution is 2.28. The van der Waals surface area contributed by atoms with Crippen molar-refractivity contribution in [3.8, 4) is 0 Å². The van der Waals surface area contributed by atoms with Gasteiger partial charge in [-0.25, -0.2) is 4.98 Å². The van der Waals surface area contributed by atoms with Gasteiger partial charge in [0.1, 0.15) is 5.15 Å². The van der Waals surface area contributed by atoms with Crippen LogP contribution in [0.4, 0.5) is 0 Å². The van der Waals surface area contributed by atoms with Crippen LogP contribution in [0.15, 0.2) is 17.6 Å². The lowest BCUT2D eigenvalue weighted by Gasteiger charge is -1.98. The number of hydrogen-bond donors (Lipinski definition) is 1. The molecule has 0 bridgehead atoms. The lowest BCUT2D eigenvalue weighted by molar-refractivity contribution is 0.283. The average molecular weight is 200 g/mol. The van der Waals surface area contributed by atoms with E-state index in [0.717, 1.165) is 15.6 Å². The van der Waals surface area contributed by atoms with Gasteiger partial charge < -0.3 is 5.11 Å². The average Bonchev–Trinajstić information content (AvgIpc) is 2.54. The number of fused-ring (bicyclic) bond motifs is 1. The molecule has 0 fully saturated rings. The van der Waals surface area contributed by atoms with E-state index in [0.29, 0.717) is 5.15 Å². The number of halogens is 1. The zero-order valence-corrected chi connectivity index (χ0v) is 7.69. The predicted octanol–water partition coefficient (Wildman–Crippen LogP) is 2.44. The molecule has 62 valence electrons. The summed E-state index contributed by atoms with van der Waals surface area (Å²) in [4.78, 5) is 3.96. The van der Waals surface area contributed by atoms with Crippen molar-refractivity contribution in [3.63, 3.8) is 0 Å². The summed E-state index contributed by atoms with van der Waals surface area (Å²) in [5.74, 6) is 0. The number of thiophene rings is 1. The Morgan fingerprint density at radius 3 is 3.17 bits per heavy atom. The van der Waals surface area contributed by atoms with Crippen LogP contribution < -0.4 is 0 Å². The molecule has 0 amide bonds. The minimum Gasteiger partial charge on any atom is -0.392 e. The highest BCUT2D eigenvalue weighted by Gasteiger charge is 2.05. The number of rotatable bonds is 1. The molecular formula is C8H6ClNOS. The Bertz CT molecular complexity index is 412. The molecule has 0 aliphatic heterocycles. The first kappa shape index (κ1) is 7.98. The third-order valence-electron chi connectivity index (χ3n) is 1.68. The summed E-state index contributed by atoms with van der Waals surface area (Å²) >= 11 is 7.41. The van der Waals surface area contributed by atoms with Gasteiger partial charge in [0, 0.05) is 21.8 Å². The van der Waals surface area contributed by atoms with Gasteiger partial charge in [-0.3, -0.25) is 0 Å². The summed E-state index contributed by atoms with van der Waals surface area (Å²) in [6.45, 7) is 0.0151. The fourth-order valence-electron chi connectivity index (χ4n) is 1.10. The number of aliphatic hydroxyl groups excluding tert-OH is 1. The quantitative estimate of drug-likeness (QED) is 0.716. The van der Waals surface area contributed by atoms with Crippen LogP contribution in [0, 0.1) is 0 Å². The van der Waals surface area contributed by atoms with Crippen molar-refractivity contribution in [2.45, 2.75) is 6.61 Å². The maximum absolute atomic E-state index is 8.97. The van der Waals surface area contributed by atoms with E-state index in [1.165, 1.54) is 0 Å². The summed E-state index contributed by atoms with van der Waals surface area (Å²) in [5, 5.41) is 12.3. The minimum atomic E-state index is 0.0151. The molecule has 2 heterocycles. The zero-order valence-electron chi connectivity index (χ0n) is 6.12. The second-order valence-electron chi connectivity index (χ2n) is 2.40. The SMILES string of the molecule is OCc1cnc(Cl)c2ccsc12. The van der Waals surface area contributed by atoms with Crippen molar-refractivity contribution in [3.05, 3.63) is 28.4 Å². The van der Waals surface area contributed by atoms with E-state index in [-0.39, 0.29) is 6.61 Å². The van der Waals surface area contributed by atoms with Crippen molar-refractivity contribution >= 4 is 33.0 Å². The van der Waals surface area contributed by atoms with Crippen molar-refractivity contribution < 1.29 is 5.11 Å². The Morgan fingerprint density at radius 1 is 1.58 bits per heavy atom. The molecule has 2 rings (SSSR count). The van der Waals surface area contributed by atoms with Gasteiger partial charge in [-0.2, -0.15) is 0 Å². The van der Waals surface area contributed by atoms with Gasteiger partial charge in [-0.15, -0.1) is 11.3 Å². The summed E-state index contributed by atoms with van der Waals surface area (Å²) < 4.78 is 1.03. The molecule has 0 aliphatic rings. The number of hydrogen-bond acceptors (Lipinski definition) is 3. The molecule has 1 N–H and O–H groups in total. The second kappa shape index (κ2) is 3.01. The van der Waals surface area contributed by atoms with Crippen LogP contribution in [-0.4, -0.2) is 10.1 Å². The van der Waals surface area contributed by atoms with Gasteiger partial charge in [0.05, 0.1) is 6.61 Å². The normalized spacial score (nSPS) is 10.8. The van der Waals surface area contributed by atoms with E-state index >= 15 is 0 Å². The van der Waals surface area contributed by atoms with Gasteiger partial charge in [0.15, 0.2) is 0 Å². The van der Waals surface area contributed by atoms with Gasteiger partial charge in [0.25, 0.3) is 0 Å². The minimum absolute atomic E-state index is 0.0151. The molecule has 0 saturated carbocycles. The van der Waals surface area contributed by atoms with Crippen molar-refractivity contribution in [1.29, 1.82) is 0 Å². The van der Waals surface area contributed by atoms with E-state index in [4.69, 9.17) is 16.7 Å². The van der Waals surface area contributed by atoms with Gasteiger partial charge in [0.2, 0.25) is 0 Å². The Kier molecular flexibility index (Phi) is 2.00. The summed E-state index contributed by atoms with van der Waals surface area (Å²) in [5.41, 5.74) is 0.837. The number of aromatic nitrogens is 1. The molecule has 0 spiro atoms. The molecule has 0 unspecified atom stereocenters. The van der Waals surface area contributed by atoms with Crippen molar-refractivity contribution in [2.24, 2.45) is 0 Å². The Morgan fingerprint density at radius 2 is 2.42 bits per heavy atom. The molecule has 0 saturated heterocycles. The predicted molar refractivity (Wildman–Crippen MR) is 50.6 cm³/mol. The topological polar surface area (TPSA) is 33.1 Å². The molecule has 0 aromatic carbocycles. The highest BCUT2D eigenvalue weighted by molar-refractivity contribution is 7.17. The summed E-state index contributed by atoms with van der Waals surface area (Å²) in [7, 11) is 0. The summed E-state index contributed by atoms with van der Waals surface area (Å²) in [6, 6.07) is 1.91. The smallest absolute Gasteiger partial charge is 0.137 e. The van der Waals surface area contributed by atoms with E-state index in [9.17, 15) is 0 Å². The van der Waals surface area contributed by atoms with Crippen LogP contribution in [0.1, 0.15) is 5.56 Å². The first-order valence-corrected chi connectivity index (χ1v) is 4.70. The Labute approximate surface area is 78.4 Å². The maximum Gasteiger partial charge on any atom is 0.137 e. The van der Waals surface area contributed by atoms with Crippen LogP contribution in [0.2, 0.25) is 5.15 Å². The highest BCUT2D eigenvalue weighted by atomic mass is 35.5. The van der Waals surface area contributed by atoms with E-state index in [1.807, 2.05) is 11.4 Å². The third-order valence-corrected chi connectivity index (χ3v) is 2.97. The first-order chi connectivity index (χ1) is 5.83. The molecule has 2 nitrogen and oxygen atoms in total. The van der Waals surface area contributed by atoms with Crippen LogP contribution in [-0.2, 0) is 6.61 Å². The molecular weight excluding hydrogens is 194 g/mol. The van der Waals surface area contributed by atoms with Crippen LogP contribution in [0.3, 0.4) is 0 Å². The molecule has 2 aromatic heterocycles. The molecule has 12 heavy (non-hydrogen) atoms. The number of nitrogens with zero attached hydrogens (tertiary/aromatic N) is 1. The molecule has 4 heteroatoms. The lowest BCUT2D eigenvalue weighted by atomic mass is 10.2. The fourth-order valence-corrected chi connectivity index (χ4v) is 2.26. The lowest BCUT2D eigenvalue weighted by Crippen LogP contribution is -1.85. The van der Waals surface area contributed by atoms with E-state index in [2.05, 4.69) is 4.98 Å². The largest absolute Gasteiger partial charge is 0.392 e. The zero-order chi connectivity index (χ0) is 8.55. The number of aliphatic hydroxyl groups is 1. The third kappa shape index (κ3) is 1.10. The van der Waals surface area contributed by atoms with E-state index in [1.54, 1.807) is 17.5 Å². The van der Waals surface area contributed by atoms with Gasteiger partial charge in [-0.1, -0.05) is 11.6 Å². The summed E-state index contributed by atoms with van der Waals surface area (Å²) in [6.07, 6.45) is 1.61. The Balaban J connectivity index is 2.82. The van der Waals surface area contributed by atoms with Gasteiger partial charge >= 0.3 is 0 Å². The fraction of sp³-hybridized carbons (Fsp3) is 0.125. The van der Waals surface area contributed by atoms with Crippen molar-refractivity contribution in [2.75, 3.05) is 0 Å². The Hall–Kier alpha value is -0.640. The van der Waals surface area contributed by atoms with Crippen molar-refractivity contribution in [1.82, 2.24) is 4.98 Å². The first-order valence-electron chi connectivity index (χ1n) is 3.44. The molecule has 0 atom stereocenters. The van der Waals surface area contributed by atoms with E-state index < -0.39 is 0 Å². The molecule has 2 aromatic rings. The van der Waals surface area contributed by atoms with Gasteiger partial charge in [-0.05, 0) is 11.4 Å². The second-order valence-corrected chi connectivity index (χ2v) is 3.67. The molecule has 0 radical (unpaired) electrons. The van der Waals surface area contributed by atoms with Crippen LogP contribution >= 0.6 is 22.9 Å². The number of pyridine rings is 1. The molecule has 0 aliphatic carbocycles.